The van der Waals surface area contributed by atoms with Gasteiger partial charge in [-0.25, -0.2) is 8.42 Å². The van der Waals surface area contributed by atoms with Crippen molar-refractivity contribution in [2.24, 2.45) is 0 Å². The Bertz CT molecular complexity index is 505. The first-order chi connectivity index (χ1) is 7.16. The Morgan fingerprint density at radius 3 is 2.12 bits per heavy atom. The molecule has 1 aromatic rings. The minimum atomic E-state index is -3.66. The molecule has 0 N–H and O–H groups in total. The molecular weight excluding hydrogens is 316 g/mol. The summed E-state index contributed by atoms with van der Waals surface area (Å²) in [4.78, 5) is 11.9. The molecule has 1 unspecified atom stereocenters. The van der Waals surface area contributed by atoms with E-state index in [1.54, 1.807) is 12.1 Å². The topological polar surface area (TPSA) is 51.2 Å². The molecule has 6 heteroatoms. The molecule has 1 aromatic carbocycles. The number of alkyl halides is 1. The number of ketones is 1. The molecule has 0 amide bonds. The van der Waals surface area contributed by atoms with Gasteiger partial charge in [0, 0.05) is 16.3 Å². The lowest BCUT2D eigenvalue weighted by atomic mass is 10.1. The molecule has 0 fully saturated rings. The molecule has 0 saturated carbocycles. The third-order valence-electron chi connectivity index (χ3n) is 2.21. The predicted molar refractivity (Wildman–Crippen MR) is 67.6 cm³/mol. The maximum absolute atomic E-state index is 11.9. The Balaban J connectivity index is 3.18. The molecule has 1 atom stereocenters. The van der Waals surface area contributed by atoms with Crippen LogP contribution in [-0.2, 0) is 9.84 Å². The largest absolute Gasteiger partial charge is 0.291 e. The van der Waals surface area contributed by atoms with E-state index in [0.29, 0.717) is 0 Å². The van der Waals surface area contributed by atoms with Gasteiger partial charge >= 0.3 is 0 Å². The molecule has 1 rings (SSSR count). The molecule has 0 saturated heterocycles. The Morgan fingerprint density at radius 1 is 1.31 bits per heavy atom. The van der Waals surface area contributed by atoms with E-state index in [9.17, 15) is 13.2 Å². The van der Waals surface area contributed by atoms with Gasteiger partial charge in [0.15, 0.2) is 15.6 Å². The van der Waals surface area contributed by atoms with Gasteiger partial charge in [-0.05, 0) is 19.1 Å². The third kappa shape index (κ3) is 2.64. The lowest BCUT2D eigenvalue weighted by Crippen LogP contribution is -2.37. The first-order valence-corrected chi connectivity index (χ1v) is 7.41. The maximum atomic E-state index is 11.9. The van der Waals surface area contributed by atoms with Gasteiger partial charge < -0.3 is 0 Å². The Morgan fingerprint density at radius 2 is 1.75 bits per heavy atom. The first kappa shape index (κ1) is 13.7. The number of rotatable bonds is 3. The number of sulfone groups is 1. The highest BCUT2D eigenvalue weighted by atomic mass is 79.9. The predicted octanol–water partition coefficient (Wildman–Crippen LogP) is 2.63. The average Bonchev–Trinajstić information content (AvgIpc) is 2.16. The van der Waals surface area contributed by atoms with Crippen LogP contribution in [0.2, 0.25) is 0 Å². The van der Waals surface area contributed by atoms with Crippen LogP contribution in [0.15, 0.2) is 28.7 Å². The van der Waals surface area contributed by atoms with Gasteiger partial charge in [0.1, 0.15) is 0 Å². The highest BCUT2D eigenvalue weighted by Crippen LogP contribution is 2.27. The molecule has 0 aliphatic rings. The van der Waals surface area contributed by atoms with Crippen LogP contribution in [-0.4, -0.2) is 24.7 Å². The molecular formula is C10H10BrClO3S. The minimum absolute atomic E-state index is 0.270. The average molecular weight is 326 g/mol. The van der Waals surface area contributed by atoms with Crippen LogP contribution in [0.5, 0.6) is 0 Å². The number of halogens is 2. The lowest BCUT2D eigenvalue weighted by Gasteiger charge is -2.18. The van der Waals surface area contributed by atoms with Gasteiger partial charge in [0.2, 0.25) is 4.21 Å². The Kier molecular flexibility index (Phi) is 3.82. The van der Waals surface area contributed by atoms with E-state index in [-0.39, 0.29) is 5.56 Å². The summed E-state index contributed by atoms with van der Waals surface area (Å²) in [6, 6.07) is 6.36. The number of Topliss-reactive ketones (excluding diaryl/α,β-unsaturated/α-hetero) is 1. The van der Waals surface area contributed by atoms with Gasteiger partial charge in [-0.2, -0.15) is 0 Å². The van der Waals surface area contributed by atoms with Gasteiger partial charge in [0.25, 0.3) is 0 Å². The fraction of sp³-hybridized carbons (Fsp3) is 0.300. The van der Waals surface area contributed by atoms with Crippen molar-refractivity contribution in [2.75, 3.05) is 6.26 Å². The van der Waals surface area contributed by atoms with Gasteiger partial charge in [0.05, 0.1) is 0 Å². The van der Waals surface area contributed by atoms with Crippen molar-refractivity contribution < 1.29 is 13.2 Å². The van der Waals surface area contributed by atoms with Crippen molar-refractivity contribution >= 4 is 43.2 Å². The number of carbonyl (C=O) groups is 1. The Hall–Kier alpha value is -0.390. The zero-order valence-corrected chi connectivity index (χ0v) is 11.9. The summed E-state index contributed by atoms with van der Waals surface area (Å²) in [7, 11) is -3.66. The zero-order chi connectivity index (χ0) is 12.6. The van der Waals surface area contributed by atoms with Crippen LogP contribution in [0, 0.1) is 0 Å². The number of carbonyl (C=O) groups excluding carboxylic acids is 1. The fourth-order valence-electron chi connectivity index (χ4n) is 1.03. The second-order valence-corrected chi connectivity index (χ2v) is 7.78. The molecule has 0 aliphatic carbocycles. The van der Waals surface area contributed by atoms with E-state index < -0.39 is 19.8 Å². The van der Waals surface area contributed by atoms with Crippen molar-refractivity contribution in [3.05, 3.63) is 34.3 Å². The van der Waals surface area contributed by atoms with Crippen molar-refractivity contribution in [3.63, 3.8) is 0 Å². The molecule has 3 nitrogen and oxygen atoms in total. The molecule has 0 aliphatic heterocycles. The smallest absolute Gasteiger partial charge is 0.204 e. The van der Waals surface area contributed by atoms with Crippen LogP contribution < -0.4 is 0 Å². The first-order valence-electron chi connectivity index (χ1n) is 4.35. The van der Waals surface area contributed by atoms with E-state index in [0.717, 1.165) is 10.7 Å². The molecule has 0 aromatic heterocycles. The summed E-state index contributed by atoms with van der Waals surface area (Å²) in [5.41, 5.74) is 0.270. The molecule has 16 heavy (non-hydrogen) atoms. The van der Waals surface area contributed by atoms with Crippen LogP contribution in [0.25, 0.3) is 0 Å². The van der Waals surface area contributed by atoms with E-state index in [2.05, 4.69) is 15.9 Å². The number of benzene rings is 1. The normalized spacial score (nSPS) is 15.5. The van der Waals surface area contributed by atoms with Crippen molar-refractivity contribution in [1.82, 2.24) is 0 Å². The minimum Gasteiger partial charge on any atom is -0.291 e. The molecule has 0 bridgehead atoms. The second kappa shape index (κ2) is 4.47. The third-order valence-corrected chi connectivity index (χ3v) is 5.33. The molecule has 0 radical (unpaired) electrons. The quantitative estimate of drug-likeness (QED) is 0.634. The van der Waals surface area contributed by atoms with Crippen LogP contribution in [0.1, 0.15) is 17.3 Å². The van der Waals surface area contributed by atoms with Crippen LogP contribution >= 0.6 is 27.5 Å². The van der Waals surface area contributed by atoms with Crippen LogP contribution in [0.3, 0.4) is 0 Å². The highest BCUT2D eigenvalue weighted by molar-refractivity contribution is 9.10. The standard InChI is InChI=1S/C10H10BrClO3S/c1-10(12,16(2,14)15)9(13)7-3-5-8(11)6-4-7/h3-6H,1-2H3. The van der Waals surface area contributed by atoms with Crippen molar-refractivity contribution in [3.8, 4) is 0 Å². The van der Waals surface area contributed by atoms with Crippen LogP contribution in [0.4, 0.5) is 0 Å². The van der Waals surface area contributed by atoms with Gasteiger partial charge in [-0.15, -0.1) is 0 Å². The van der Waals surface area contributed by atoms with Crippen molar-refractivity contribution in [1.29, 1.82) is 0 Å². The summed E-state index contributed by atoms with van der Waals surface area (Å²) in [5, 5.41) is 0. The second-order valence-electron chi connectivity index (χ2n) is 3.52. The number of hydrogen-bond donors (Lipinski definition) is 0. The highest BCUT2D eigenvalue weighted by Gasteiger charge is 2.41. The summed E-state index contributed by atoms with van der Waals surface area (Å²) in [6.07, 6.45) is 0.941. The number of hydrogen-bond acceptors (Lipinski definition) is 3. The SMILES string of the molecule is CC(Cl)(C(=O)c1ccc(Br)cc1)S(C)(=O)=O. The van der Waals surface area contributed by atoms with E-state index in [1.807, 2.05) is 0 Å². The lowest BCUT2D eigenvalue weighted by molar-refractivity contribution is 0.0978. The van der Waals surface area contributed by atoms with E-state index in [1.165, 1.54) is 19.1 Å². The summed E-state index contributed by atoms with van der Waals surface area (Å²) >= 11 is 9.01. The summed E-state index contributed by atoms with van der Waals surface area (Å²) in [6.45, 7) is 1.19. The Labute approximate surface area is 108 Å². The fourth-order valence-corrected chi connectivity index (χ4v) is 1.86. The monoisotopic (exact) mass is 324 g/mol. The molecule has 88 valence electrons. The summed E-state index contributed by atoms with van der Waals surface area (Å²) in [5.74, 6) is -0.621. The van der Waals surface area contributed by atoms with E-state index in [4.69, 9.17) is 11.6 Å². The van der Waals surface area contributed by atoms with Gasteiger partial charge in [-0.1, -0.05) is 39.7 Å². The molecule has 0 spiro atoms. The van der Waals surface area contributed by atoms with E-state index >= 15 is 0 Å². The van der Waals surface area contributed by atoms with Crippen molar-refractivity contribution in [2.45, 2.75) is 11.1 Å². The zero-order valence-electron chi connectivity index (χ0n) is 8.70. The maximum Gasteiger partial charge on any atom is 0.204 e. The summed E-state index contributed by atoms with van der Waals surface area (Å²) < 4.78 is 21.6. The van der Waals surface area contributed by atoms with Gasteiger partial charge in [-0.3, -0.25) is 4.79 Å². The molecule has 0 heterocycles.